The Morgan fingerprint density at radius 3 is 2.65 bits per heavy atom. The number of aliphatic hydroxyl groups excluding tert-OH is 1. The third-order valence-electron chi connectivity index (χ3n) is 3.44. The molecule has 0 saturated heterocycles. The SMILES string of the molecule is C/C(=C/[C@H]1CC(=O)OCc2ccccc2CO1)[C@H](C)O. The Morgan fingerprint density at radius 2 is 2.00 bits per heavy atom. The maximum atomic E-state index is 11.8. The van der Waals surface area contributed by atoms with Gasteiger partial charge in [-0.3, -0.25) is 4.79 Å². The molecule has 1 aliphatic rings. The lowest BCUT2D eigenvalue weighted by atomic mass is 10.1. The largest absolute Gasteiger partial charge is 0.461 e. The van der Waals surface area contributed by atoms with Gasteiger partial charge in [0.1, 0.15) is 6.61 Å². The normalized spacial score (nSPS) is 22.1. The fourth-order valence-electron chi connectivity index (χ4n) is 2.02. The van der Waals surface area contributed by atoms with E-state index in [-0.39, 0.29) is 25.1 Å². The van der Waals surface area contributed by atoms with Crippen LogP contribution < -0.4 is 0 Å². The summed E-state index contributed by atoms with van der Waals surface area (Å²) in [7, 11) is 0. The van der Waals surface area contributed by atoms with E-state index >= 15 is 0 Å². The number of aliphatic hydroxyl groups is 1. The molecular formula is C16H20O4. The monoisotopic (exact) mass is 276 g/mol. The summed E-state index contributed by atoms with van der Waals surface area (Å²) < 4.78 is 11.0. The molecule has 2 rings (SSSR count). The van der Waals surface area contributed by atoms with Gasteiger partial charge in [0.2, 0.25) is 0 Å². The molecule has 0 aromatic heterocycles. The molecule has 4 heteroatoms. The topological polar surface area (TPSA) is 55.8 Å². The molecule has 1 aromatic rings. The zero-order chi connectivity index (χ0) is 14.5. The highest BCUT2D eigenvalue weighted by Gasteiger charge is 2.18. The smallest absolute Gasteiger partial charge is 0.309 e. The number of benzene rings is 1. The summed E-state index contributed by atoms with van der Waals surface area (Å²) >= 11 is 0. The first kappa shape index (κ1) is 14.8. The zero-order valence-electron chi connectivity index (χ0n) is 11.8. The molecule has 0 fully saturated rings. The molecule has 1 aromatic carbocycles. The fourth-order valence-corrected chi connectivity index (χ4v) is 2.02. The van der Waals surface area contributed by atoms with Crippen LogP contribution in [0.3, 0.4) is 0 Å². The van der Waals surface area contributed by atoms with E-state index < -0.39 is 6.10 Å². The van der Waals surface area contributed by atoms with Gasteiger partial charge in [0.05, 0.1) is 25.2 Å². The van der Waals surface area contributed by atoms with Crippen LogP contribution in [0.1, 0.15) is 31.4 Å². The number of ether oxygens (including phenoxy) is 2. The van der Waals surface area contributed by atoms with Gasteiger partial charge >= 0.3 is 5.97 Å². The Labute approximate surface area is 119 Å². The minimum absolute atomic E-state index is 0.165. The van der Waals surface area contributed by atoms with Gasteiger partial charge in [-0.1, -0.05) is 30.3 Å². The van der Waals surface area contributed by atoms with Crippen molar-refractivity contribution in [1.82, 2.24) is 0 Å². The highest BCUT2D eigenvalue weighted by Crippen LogP contribution is 2.18. The molecule has 0 saturated carbocycles. The van der Waals surface area contributed by atoms with Crippen molar-refractivity contribution in [2.24, 2.45) is 0 Å². The van der Waals surface area contributed by atoms with Gasteiger partial charge in [-0.05, 0) is 30.5 Å². The Morgan fingerprint density at radius 1 is 1.35 bits per heavy atom. The predicted molar refractivity (Wildman–Crippen MR) is 74.9 cm³/mol. The molecular weight excluding hydrogens is 256 g/mol. The average molecular weight is 276 g/mol. The van der Waals surface area contributed by atoms with E-state index in [2.05, 4.69) is 0 Å². The Hall–Kier alpha value is -1.65. The molecule has 4 nitrogen and oxygen atoms in total. The number of hydrogen-bond donors (Lipinski definition) is 1. The van der Waals surface area contributed by atoms with Crippen LogP contribution in [0.2, 0.25) is 0 Å². The second-order valence-electron chi connectivity index (χ2n) is 5.07. The lowest BCUT2D eigenvalue weighted by Gasteiger charge is -2.14. The van der Waals surface area contributed by atoms with E-state index in [9.17, 15) is 9.90 Å². The molecule has 0 amide bonds. The summed E-state index contributed by atoms with van der Waals surface area (Å²) in [5.41, 5.74) is 2.78. The van der Waals surface area contributed by atoms with Crippen LogP contribution in [0, 0.1) is 0 Å². The second kappa shape index (κ2) is 6.68. The van der Waals surface area contributed by atoms with E-state index in [0.717, 1.165) is 16.7 Å². The first-order valence-corrected chi connectivity index (χ1v) is 6.76. The van der Waals surface area contributed by atoms with E-state index in [1.165, 1.54) is 0 Å². The van der Waals surface area contributed by atoms with Gasteiger partial charge in [-0.25, -0.2) is 0 Å². The minimum Gasteiger partial charge on any atom is -0.461 e. The third kappa shape index (κ3) is 3.92. The van der Waals surface area contributed by atoms with Gasteiger partial charge in [0.15, 0.2) is 0 Å². The maximum absolute atomic E-state index is 11.8. The van der Waals surface area contributed by atoms with Crippen LogP contribution in [0.5, 0.6) is 0 Å². The van der Waals surface area contributed by atoms with Gasteiger partial charge in [0.25, 0.3) is 0 Å². The van der Waals surface area contributed by atoms with Gasteiger partial charge in [0, 0.05) is 0 Å². The van der Waals surface area contributed by atoms with Crippen LogP contribution in [0.25, 0.3) is 0 Å². The van der Waals surface area contributed by atoms with Crippen LogP contribution >= 0.6 is 0 Å². The second-order valence-corrected chi connectivity index (χ2v) is 5.07. The molecule has 1 aliphatic heterocycles. The Bertz CT molecular complexity index is 505. The van der Waals surface area contributed by atoms with Gasteiger partial charge in [-0.2, -0.15) is 0 Å². The summed E-state index contributed by atoms with van der Waals surface area (Å²) in [5, 5.41) is 9.52. The van der Waals surface area contributed by atoms with Crippen molar-refractivity contribution in [1.29, 1.82) is 0 Å². The highest BCUT2D eigenvalue weighted by molar-refractivity contribution is 5.70. The molecule has 108 valence electrons. The van der Waals surface area contributed by atoms with Crippen LogP contribution in [-0.4, -0.2) is 23.3 Å². The fraction of sp³-hybridized carbons (Fsp3) is 0.438. The lowest BCUT2D eigenvalue weighted by molar-refractivity contribution is -0.147. The molecule has 0 unspecified atom stereocenters. The van der Waals surface area contributed by atoms with E-state index in [1.54, 1.807) is 13.0 Å². The number of cyclic esters (lactones) is 1. The van der Waals surface area contributed by atoms with Crippen molar-refractivity contribution in [2.45, 2.75) is 45.7 Å². The Balaban J connectivity index is 2.18. The molecule has 2 atom stereocenters. The Kier molecular flexibility index (Phi) is 4.93. The highest BCUT2D eigenvalue weighted by atomic mass is 16.5. The first-order chi connectivity index (χ1) is 9.56. The number of esters is 1. The minimum atomic E-state index is -0.547. The van der Waals surface area contributed by atoms with Gasteiger partial charge < -0.3 is 14.6 Å². The lowest BCUT2D eigenvalue weighted by Crippen LogP contribution is -2.17. The maximum Gasteiger partial charge on any atom is 0.309 e. The van der Waals surface area contributed by atoms with Crippen molar-refractivity contribution in [3.63, 3.8) is 0 Å². The van der Waals surface area contributed by atoms with Crippen molar-refractivity contribution >= 4 is 5.97 Å². The van der Waals surface area contributed by atoms with Crippen LogP contribution in [0.15, 0.2) is 35.9 Å². The van der Waals surface area contributed by atoms with E-state index in [1.807, 2.05) is 31.2 Å². The molecule has 0 aliphatic carbocycles. The molecule has 0 bridgehead atoms. The molecule has 0 radical (unpaired) electrons. The van der Waals surface area contributed by atoms with Crippen molar-refractivity contribution in [2.75, 3.05) is 0 Å². The predicted octanol–water partition coefficient (Wildman–Crippen LogP) is 2.35. The number of fused-ring (bicyclic) bond motifs is 1. The molecule has 0 spiro atoms. The summed E-state index contributed by atoms with van der Waals surface area (Å²) in [6, 6.07) is 7.76. The molecule has 1 heterocycles. The van der Waals surface area contributed by atoms with Crippen LogP contribution in [0.4, 0.5) is 0 Å². The average Bonchev–Trinajstić information content (AvgIpc) is 2.49. The molecule has 1 N–H and O–H groups in total. The zero-order valence-corrected chi connectivity index (χ0v) is 11.8. The first-order valence-electron chi connectivity index (χ1n) is 6.76. The summed E-state index contributed by atoms with van der Waals surface area (Å²) in [5.74, 6) is -0.290. The standard InChI is InChI=1S/C16H20O4/c1-11(12(2)17)7-15-8-16(18)20-10-14-6-4-3-5-13(14)9-19-15/h3-7,12,15,17H,8-10H2,1-2H3/b11-7-/t12-,15-/m0/s1. The number of rotatable bonds is 2. The number of carbonyl (C=O) groups excluding carboxylic acids is 1. The van der Waals surface area contributed by atoms with Crippen molar-refractivity contribution in [3.05, 3.63) is 47.0 Å². The molecule has 20 heavy (non-hydrogen) atoms. The summed E-state index contributed by atoms with van der Waals surface area (Å²) in [6.45, 7) is 4.22. The van der Waals surface area contributed by atoms with Crippen molar-refractivity contribution in [3.8, 4) is 0 Å². The number of hydrogen-bond acceptors (Lipinski definition) is 4. The van der Waals surface area contributed by atoms with Crippen molar-refractivity contribution < 1.29 is 19.4 Å². The summed E-state index contributed by atoms with van der Waals surface area (Å²) in [4.78, 5) is 11.8. The van der Waals surface area contributed by atoms with E-state index in [0.29, 0.717) is 6.61 Å². The number of carbonyl (C=O) groups is 1. The van der Waals surface area contributed by atoms with Crippen LogP contribution in [-0.2, 0) is 27.5 Å². The summed E-state index contributed by atoms with van der Waals surface area (Å²) in [6.07, 6.45) is 1.04. The third-order valence-corrected chi connectivity index (χ3v) is 3.44. The van der Waals surface area contributed by atoms with Gasteiger partial charge in [-0.15, -0.1) is 0 Å². The van der Waals surface area contributed by atoms with E-state index in [4.69, 9.17) is 9.47 Å². The quantitative estimate of drug-likeness (QED) is 0.665.